The number of hydrogen-bond donors (Lipinski definition) is 0. The van der Waals surface area contributed by atoms with Crippen molar-refractivity contribution >= 4 is 5.69 Å². The van der Waals surface area contributed by atoms with Crippen molar-refractivity contribution in [1.29, 1.82) is 0 Å². The Morgan fingerprint density at radius 2 is 2.22 bits per heavy atom. The topological polar surface area (TPSA) is 79.4 Å². The first-order valence-corrected chi connectivity index (χ1v) is 6.04. The molecule has 1 saturated heterocycles. The SMILES string of the molecule is CC1(CCCCn2cc([N+](=O)[O-])cn2)OCCO1. The highest BCUT2D eigenvalue weighted by atomic mass is 16.7. The molecule has 0 bridgehead atoms. The van der Waals surface area contributed by atoms with Gasteiger partial charge in [0.15, 0.2) is 5.79 Å². The van der Waals surface area contributed by atoms with Crippen molar-refractivity contribution in [2.75, 3.05) is 13.2 Å². The van der Waals surface area contributed by atoms with Crippen molar-refractivity contribution < 1.29 is 14.4 Å². The van der Waals surface area contributed by atoms with Gasteiger partial charge >= 0.3 is 5.69 Å². The summed E-state index contributed by atoms with van der Waals surface area (Å²) in [7, 11) is 0. The minimum atomic E-state index is -0.448. The molecule has 7 heteroatoms. The van der Waals surface area contributed by atoms with Crippen LogP contribution in [0.15, 0.2) is 12.4 Å². The number of hydrogen-bond acceptors (Lipinski definition) is 5. The Balaban J connectivity index is 1.70. The van der Waals surface area contributed by atoms with Gasteiger partial charge in [-0.25, -0.2) is 0 Å². The fourth-order valence-electron chi connectivity index (χ4n) is 1.99. The van der Waals surface area contributed by atoms with Crippen LogP contribution in [0.25, 0.3) is 0 Å². The molecule has 1 aromatic heterocycles. The van der Waals surface area contributed by atoms with E-state index >= 15 is 0 Å². The molecule has 0 radical (unpaired) electrons. The molecule has 0 aliphatic carbocycles. The Labute approximate surface area is 105 Å². The van der Waals surface area contributed by atoms with Crippen LogP contribution in [-0.4, -0.2) is 33.7 Å². The molecule has 7 nitrogen and oxygen atoms in total. The molecular formula is C11H17N3O4. The molecule has 18 heavy (non-hydrogen) atoms. The van der Waals surface area contributed by atoms with Crippen molar-refractivity contribution in [1.82, 2.24) is 9.78 Å². The number of ether oxygens (including phenoxy) is 2. The van der Waals surface area contributed by atoms with Crippen molar-refractivity contribution in [2.45, 2.75) is 38.5 Å². The van der Waals surface area contributed by atoms with Gasteiger partial charge in [-0.05, 0) is 19.8 Å². The predicted octanol–water partition coefficient (Wildman–Crippen LogP) is 1.72. The third kappa shape index (κ3) is 3.27. The smallest absolute Gasteiger partial charge is 0.306 e. The Kier molecular flexibility index (Phi) is 3.93. The van der Waals surface area contributed by atoms with Gasteiger partial charge in [0, 0.05) is 13.0 Å². The molecule has 2 rings (SSSR count). The van der Waals surface area contributed by atoms with E-state index in [0.717, 1.165) is 19.3 Å². The van der Waals surface area contributed by atoms with E-state index in [9.17, 15) is 10.1 Å². The number of nitrogens with zero attached hydrogens (tertiary/aromatic N) is 3. The van der Waals surface area contributed by atoms with Crippen molar-refractivity contribution in [3.63, 3.8) is 0 Å². The standard InChI is InChI=1S/C11H17N3O4/c1-11(17-6-7-18-11)4-2-3-5-13-9-10(8-12-13)14(15)16/h8-9H,2-7H2,1H3. The highest BCUT2D eigenvalue weighted by Gasteiger charge is 2.29. The third-order valence-electron chi connectivity index (χ3n) is 3.00. The zero-order chi connectivity index (χ0) is 13.0. The Morgan fingerprint density at radius 3 is 2.83 bits per heavy atom. The number of unbranched alkanes of at least 4 members (excludes halogenated alkanes) is 1. The maximum atomic E-state index is 10.5. The maximum Gasteiger partial charge on any atom is 0.306 e. The molecule has 1 aliphatic heterocycles. The van der Waals surface area contributed by atoms with Crippen LogP contribution in [0, 0.1) is 10.1 Å². The Morgan fingerprint density at radius 1 is 1.50 bits per heavy atom. The lowest BCUT2D eigenvalue weighted by molar-refractivity contribution is -0.385. The van der Waals surface area contributed by atoms with Gasteiger partial charge in [-0.1, -0.05) is 0 Å². The fraction of sp³-hybridized carbons (Fsp3) is 0.727. The van der Waals surface area contributed by atoms with Gasteiger partial charge in [-0.3, -0.25) is 14.8 Å². The average molecular weight is 255 g/mol. The molecule has 0 N–H and O–H groups in total. The summed E-state index contributed by atoms with van der Waals surface area (Å²) >= 11 is 0. The largest absolute Gasteiger partial charge is 0.348 e. The Bertz CT molecular complexity index is 412. The first-order valence-electron chi connectivity index (χ1n) is 6.04. The minimum Gasteiger partial charge on any atom is -0.348 e. The van der Waals surface area contributed by atoms with E-state index in [1.165, 1.54) is 12.4 Å². The first kappa shape index (κ1) is 13.0. The lowest BCUT2D eigenvalue weighted by Crippen LogP contribution is -2.25. The molecule has 0 unspecified atom stereocenters. The first-order chi connectivity index (χ1) is 8.59. The van der Waals surface area contributed by atoms with Crippen LogP contribution in [-0.2, 0) is 16.0 Å². The summed E-state index contributed by atoms with van der Waals surface area (Å²) in [5, 5.41) is 14.4. The van der Waals surface area contributed by atoms with Crippen molar-refractivity contribution in [2.24, 2.45) is 0 Å². The molecule has 1 fully saturated rings. The van der Waals surface area contributed by atoms with E-state index in [0.29, 0.717) is 19.8 Å². The van der Waals surface area contributed by atoms with Crippen LogP contribution < -0.4 is 0 Å². The second-order valence-electron chi connectivity index (χ2n) is 4.51. The lowest BCUT2D eigenvalue weighted by atomic mass is 10.1. The van der Waals surface area contributed by atoms with Gasteiger partial charge in [0.25, 0.3) is 0 Å². The Hall–Kier alpha value is -1.47. The summed E-state index contributed by atoms with van der Waals surface area (Å²) in [5.74, 6) is -0.448. The van der Waals surface area contributed by atoms with Crippen LogP contribution in [0.3, 0.4) is 0 Å². The van der Waals surface area contributed by atoms with E-state index in [1.807, 2.05) is 6.92 Å². The molecule has 1 aliphatic rings. The third-order valence-corrected chi connectivity index (χ3v) is 3.00. The van der Waals surface area contributed by atoms with E-state index in [-0.39, 0.29) is 5.69 Å². The fourth-order valence-corrected chi connectivity index (χ4v) is 1.99. The second-order valence-corrected chi connectivity index (χ2v) is 4.51. The number of aromatic nitrogens is 2. The molecule has 0 aromatic carbocycles. The van der Waals surface area contributed by atoms with Crippen LogP contribution in [0.2, 0.25) is 0 Å². The van der Waals surface area contributed by atoms with Gasteiger partial charge in [0.2, 0.25) is 0 Å². The van der Waals surface area contributed by atoms with Gasteiger partial charge in [-0.2, -0.15) is 5.10 Å². The lowest BCUT2D eigenvalue weighted by Gasteiger charge is -2.21. The van der Waals surface area contributed by atoms with Crippen molar-refractivity contribution in [3.05, 3.63) is 22.5 Å². The molecule has 0 atom stereocenters. The van der Waals surface area contributed by atoms with Gasteiger partial charge < -0.3 is 9.47 Å². The summed E-state index contributed by atoms with van der Waals surface area (Å²) < 4.78 is 12.6. The van der Waals surface area contributed by atoms with Crippen LogP contribution in [0.1, 0.15) is 26.2 Å². The molecule has 100 valence electrons. The summed E-state index contributed by atoms with van der Waals surface area (Å²) in [4.78, 5) is 10.0. The van der Waals surface area contributed by atoms with Crippen LogP contribution in [0.4, 0.5) is 5.69 Å². The van der Waals surface area contributed by atoms with E-state index in [1.54, 1.807) is 4.68 Å². The molecule has 0 spiro atoms. The zero-order valence-electron chi connectivity index (χ0n) is 10.4. The highest BCUT2D eigenvalue weighted by molar-refractivity contribution is 5.20. The predicted molar refractivity (Wildman–Crippen MR) is 63.0 cm³/mol. The quantitative estimate of drug-likeness (QED) is 0.439. The summed E-state index contributed by atoms with van der Waals surface area (Å²) in [6, 6.07) is 0. The number of aryl methyl sites for hydroxylation is 1. The number of rotatable bonds is 6. The maximum absolute atomic E-state index is 10.5. The van der Waals surface area contributed by atoms with Crippen LogP contribution >= 0.6 is 0 Å². The average Bonchev–Trinajstić information content (AvgIpc) is 2.94. The summed E-state index contributed by atoms with van der Waals surface area (Å²) in [5.41, 5.74) is 0.0319. The number of nitro groups is 1. The van der Waals surface area contributed by atoms with Crippen molar-refractivity contribution in [3.8, 4) is 0 Å². The normalized spacial score (nSPS) is 18.1. The van der Waals surface area contributed by atoms with Gasteiger partial charge in [0.05, 0.1) is 18.1 Å². The van der Waals surface area contributed by atoms with Gasteiger partial charge in [0.1, 0.15) is 12.4 Å². The highest BCUT2D eigenvalue weighted by Crippen LogP contribution is 2.24. The van der Waals surface area contributed by atoms with Crippen LogP contribution in [0.5, 0.6) is 0 Å². The van der Waals surface area contributed by atoms with E-state index in [2.05, 4.69) is 5.10 Å². The minimum absolute atomic E-state index is 0.0319. The van der Waals surface area contributed by atoms with E-state index in [4.69, 9.17) is 9.47 Å². The van der Waals surface area contributed by atoms with E-state index < -0.39 is 10.7 Å². The monoisotopic (exact) mass is 255 g/mol. The summed E-state index contributed by atoms with van der Waals surface area (Å²) in [6.07, 6.45) is 5.37. The molecule has 2 heterocycles. The summed E-state index contributed by atoms with van der Waals surface area (Å²) in [6.45, 7) is 3.92. The second kappa shape index (κ2) is 5.45. The molecule has 0 amide bonds. The molecular weight excluding hydrogens is 238 g/mol. The van der Waals surface area contributed by atoms with Gasteiger partial charge in [-0.15, -0.1) is 0 Å². The zero-order valence-corrected chi connectivity index (χ0v) is 10.4. The molecule has 1 aromatic rings. The molecule has 0 saturated carbocycles.